The van der Waals surface area contributed by atoms with Crippen molar-refractivity contribution in [3.05, 3.63) is 60.2 Å². The number of hydrogen-bond acceptors (Lipinski definition) is 2. The number of rotatable bonds is 11. The van der Waals surface area contributed by atoms with Crippen LogP contribution in [-0.2, 0) is 16.0 Å². The van der Waals surface area contributed by atoms with Crippen molar-refractivity contribution in [2.45, 2.75) is 45.6 Å². The van der Waals surface area contributed by atoms with Gasteiger partial charge in [0.1, 0.15) is 17.7 Å². The minimum absolute atomic E-state index is 0.0232. The molecule has 1 aromatic carbocycles. The third-order valence-corrected chi connectivity index (χ3v) is 3.84. The lowest BCUT2D eigenvalue weighted by atomic mass is 10.0. The summed E-state index contributed by atoms with van der Waals surface area (Å²) in [6.07, 6.45) is 7.46. The average Bonchev–Trinajstić information content (AvgIpc) is 2.57. The van der Waals surface area contributed by atoms with Crippen LogP contribution in [0.15, 0.2) is 43.0 Å². The second-order valence-electron chi connectivity index (χ2n) is 6.80. The molecule has 0 aliphatic rings. The second kappa shape index (κ2) is 12.0. The minimum Gasteiger partial charge on any atom is -0.351 e. The van der Waals surface area contributed by atoms with Gasteiger partial charge in [0.15, 0.2) is 0 Å². The van der Waals surface area contributed by atoms with Crippen molar-refractivity contribution in [1.29, 1.82) is 0 Å². The fraction of sp³-hybridized carbons (Fsp3) is 0.429. The molecule has 6 heteroatoms. The van der Waals surface area contributed by atoms with E-state index in [1.54, 1.807) is 6.08 Å². The Morgan fingerprint density at radius 1 is 1.19 bits per heavy atom. The fourth-order valence-electron chi connectivity index (χ4n) is 2.52. The summed E-state index contributed by atoms with van der Waals surface area (Å²) in [4.78, 5) is 24.4. The highest BCUT2D eigenvalue weighted by Crippen LogP contribution is 2.11. The minimum atomic E-state index is -0.945. The molecule has 0 unspecified atom stereocenters. The highest BCUT2D eigenvalue weighted by atomic mass is 19.1. The SMILES string of the molecule is C=CCNC(=O)[C@H](Cc1cc(F)cc(F)c1)NC(=O)/C=C/CCCC(C)C. The van der Waals surface area contributed by atoms with E-state index >= 15 is 0 Å². The van der Waals surface area contributed by atoms with Crippen molar-refractivity contribution in [3.8, 4) is 0 Å². The van der Waals surface area contributed by atoms with Crippen LogP contribution in [0.3, 0.4) is 0 Å². The molecule has 0 saturated heterocycles. The van der Waals surface area contributed by atoms with Crippen molar-refractivity contribution in [3.63, 3.8) is 0 Å². The molecule has 0 radical (unpaired) electrons. The molecule has 4 nitrogen and oxygen atoms in total. The van der Waals surface area contributed by atoms with Crippen LogP contribution >= 0.6 is 0 Å². The first-order valence-corrected chi connectivity index (χ1v) is 9.12. The Labute approximate surface area is 159 Å². The Kier molecular flexibility index (Phi) is 10.0. The predicted molar refractivity (Wildman–Crippen MR) is 103 cm³/mol. The van der Waals surface area contributed by atoms with Gasteiger partial charge in [-0.2, -0.15) is 0 Å². The summed E-state index contributed by atoms with van der Waals surface area (Å²) in [7, 11) is 0. The molecule has 2 N–H and O–H groups in total. The number of unbranched alkanes of at least 4 members (excludes halogenated alkanes) is 1. The van der Waals surface area contributed by atoms with E-state index < -0.39 is 29.5 Å². The molecule has 0 aromatic heterocycles. The van der Waals surface area contributed by atoms with Crippen molar-refractivity contribution in [2.24, 2.45) is 5.92 Å². The van der Waals surface area contributed by atoms with Crippen LogP contribution < -0.4 is 10.6 Å². The Hall–Kier alpha value is -2.50. The van der Waals surface area contributed by atoms with E-state index in [1.807, 2.05) is 0 Å². The first kappa shape index (κ1) is 22.5. The van der Waals surface area contributed by atoms with Gasteiger partial charge in [0.25, 0.3) is 0 Å². The Bertz CT molecular complexity index is 652. The number of hydrogen-bond donors (Lipinski definition) is 2. The zero-order valence-corrected chi connectivity index (χ0v) is 15.9. The van der Waals surface area contributed by atoms with Gasteiger partial charge < -0.3 is 10.6 Å². The molecule has 1 rings (SSSR count). The molecule has 148 valence electrons. The third-order valence-electron chi connectivity index (χ3n) is 3.84. The van der Waals surface area contributed by atoms with Gasteiger partial charge in [-0.25, -0.2) is 8.78 Å². The van der Waals surface area contributed by atoms with E-state index in [0.29, 0.717) is 5.92 Å². The molecule has 0 aliphatic heterocycles. The topological polar surface area (TPSA) is 58.2 Å². The van der Waals surface area contributed by atoms with Crippen LogP contribution in [0.5, 0.6) is 0 Å². The second-order valence-corrected chi connectivity index (χ2v) is 6.80. The number of carbonyl (C=O) groups is 2. The number of nitrogens with one attached hydrogen (secondary N) is 2. The molecular weight excluding hydrogens is 350 g/mol. The van der Waals surface area contributed by atoms with Gasteiger partial charge in [0, 0.05) is 19.0 Å². The van der Waals surface area contributed by atoms with E-state index in [1.165, 1.54) is 12.2 Å². The zero-order chi connectivity index (χ0) is 20.2. The number of halogens is 2. The van der Waals surface area contributed by atoms with Crippen molar-refractivity contribution in [2.75, 3.05) is 6.54 Å². The predicted octanol–water partition coefficient (Wildman–Crippen LogP) is 3.68. The van der Waals surface area contributed by atoms with Gasteiger partial charge in [-0.05, 0) is 42.5 Å². The quantitative estimate of drug-likeness (QED) is 0.351. The summed E-state index contributed by atoms with van der Waals surface area (Å²) in [5.74, 6) is -1.72. The number of benzene rings is 1. The van der Waals surface area contributed by atoms with Gasteiger partial charge in [-0.15, -0.1) is 6.58 Å². The normalized spacial score (nSPS) is 12.2. The summed E-state index contributed by atoms with van der Waals surface area (Å²) in [5, 5.41) is 5.19. The van der Waals surface area contributed by atoms with Crippen LogP contribution in [0.25, 0.3) is 0 Å². The highest BCUT2D eigenvalue weighted by molar-refractivity contribution is 5.93. The first-order valence-electron chi connectivity index (χ1n) is 9.12. The van der Waals surface area contributed by atoms with Crippen LogP contribution in [0.1, 0.15) is 38.7 Å². The van der Waals surface area contributed by atoms with Crippen molar-refractivity contribution < 1.29 is 18.4 Å². The number of allylic oxidation sites excluding steroid dienone is 1. The summed E-state index contributed by atoms with van der Waals surface area (Å²) >= 11 is 0. The van der Waals surface area contributed by atoms with Gasteiger partial charge in [0.05, 0.1) is 0 Å². The first-order chi connectivity index (χ1) is 12.8. The molecule has 0 saturated carbocycles. The standard InChI is InChI=1S/C21H28F2N2O2/c1-4-10-24-21(27)19(13-16-11-17(22)14-18(23)12-16)25-20(26)9-7-5-6-8-15(2)3/h4,7,9,11-12,14-15,19H,1,5-6,8,10,13H2,2-3H3,(H,24,27)(H,25,26)/b9-7+/t19-/m0/s1. The molecule has 0 spiro atoms. The third kappa shape index (κ3) is 9.68. The molecule has 27 heavy (non-hydrogen) atoms. The monoisotopic (exact) mass is 378 g/mol. The Morgan fingerprint density at radius 3 is 2.44 bits per heavy atom. The molecule has 1 atom stereocenters. The Balaban J connectivity index is 2.73. The van der Waals surface area contributed by atoms with Gasteiger partial charge in [0.2, 0.25) is 11.8 Å². The lowest BCUT2D eigenvalue weighted by molar-refractivity contribution is -0.126. The van der Waals surface area contributed by atoms with E-state index in [-0.39, 0.29) is 18.5 Å². The van der Waals surface area contributed by atoms with E-state index in [4.69, 9.17) is 0 Å². The fourth-order valence-corrected chi connectivity index (χ4v) is 2.52. The largest absolute Gasteiger partial charge is 0.351 e. The molecule has 0 bridgehead atoms. The smallest absolute Gasteiger partial charge is 0.244 e. The lowest BCUT2D eigenvalue weighted by Gasteiger charge is -2.17. The molecule has 0 fully saturated rings. The summed E-state index contributed by atoms with van der Waals surface area (Å²) in [6.45, 7) is 8.02. The van der Waals surface area contributed by atoms with Crippen LogP contribution in [0.4, 0.5) is 8.78 Å². The van der Waals surface area contributed by atoms with Gasteiger partial charge >= 0.3 is 0 Å². The lowest BCUT2D eigenvalue weighted by Crippen LogP contribution is -2.47. The van der Waals surface area contributed by atoms with Gasteiger partial charge in [-0.1, -0.05) is 32.4 Å². The molecule has 2 amide bonds. The molecular formula is C21H28F2N2O2. The summed E-state index contributed by atoms with van der Waals surface area (Å²) in [6, 6.07) is 2.10. The van der Waals surface area contributed by atoms with Crippen molar-refractivity contribution >= 4 is 11.8 Å². The van der Waals surface area contributed by atoms with E-state index in [0.717, 1.165) is 37.5 Å². The zero-order valence-electron chi connectivity index (χ0n) is 15.9. The maximum absolute atomic E-state index is 13.4. The molecule has 0 heterocycles. The summed E-state index contributed by atoms with van der Waals surface area (Å²) < 4.78 is 26.8. The van der Waals surface area contributed by atoms with E-state index in [2.05, 4.69) is 31.1 Å². The van der Waals surface area contributed by atoms with Crippen LogP contribution in [-0.4, -0.2) is 24.4 Å². The highest BCUT2D eigenvalue weighted by Gasteiger charge is 2.20. The average molecular weight is 378 g/mol. The van der Waals surface area contributed by atoms with Crippen LogP contribution in [0.2, 0.25) is 0 Å². The Morgan fingerprint density at radius 2 is 1.85 bits per heavy atom. The van der Waals surface area contributed by atoms with E-state index in [9.17, 15) is 18.4 Å². The van der Waals surface area contributed by atoms with Gasteiger partial charge in [-0.3, -0.25) is 9.59 Å². The maximum atomic E-state index is 13.4. The van der Waals surface area contributed by atoms with Crippen molar-refractivity contribution in [1.82, 2.24) is 10.6 Å². The molecule has 0 aliphatic carbocycles. The summed E-state index contributed by atoms with van der Waals surface area (Å²) in [5.41, 5.74) is 0.285. The number of carbonyl (C=O) groups excluding carboxylic acids is 2. The molecule has 1 aromatic rings. The maximum Gasteiger partial charge on any atom is 0.244 e. The van der Waals surface area contributed by atoms with Crippen LogP contribution in [0, 0.1) is 17.6 Å². The number of amides is 2.